The smallest absolute Gasteiger partial charge is 0.251 e. The van der Waals surface area contributed by atoms with E-state index in [0.29, 0.717) is 5.56 Å². The highest BCUT2D eigenvalue weighted by atomic mass is 16.5. The molecule has 0 saturated carbocycles. The molecule has 1 N–H and O–H groups in total. The van der Waals surface area contributed by atoms with Crippen LogP contribution in [0.4, 0.5) is 0 Å². The minimum atomic E-state index is -0.230. The van der Waals surface area contributed by atoms with Crippen LogP contribution in [0.5, 0.6) is 11.5 Å². The molecule has 1 aliphatic heterocycles. The van der Waals surface area contributed by atoms with E-state index in [0.717, 1.165) is 36.3 Å². The lowest BCUT2D eigenvalue weighted by Crippen LogP contribution is -2.44. The van der Waals surface area contributed by atoms with Crippen molar-refractivity contribution < 1.29 is 14.3 Å². The second-order valence-electron chi connectivity index (χ2n) is 6.49. The Morgan fingerprint density at radius 1 is 1.16 bits per heavy atom. The minimum absolute atomic E-state index is 0.0561. The molecule has 132 valence electrons. The summed E-state index contributed by atoms with van der Waals surface area (Å²) < 4.78 is 11.5. The molecule has 1 amide bonds. The Labute approximate surface area is 149 Å². The van der Waals surface area contributed by atoms with Gasteiger partial charge in [-0.15, -0.1) is 0 Å². The molecule has 0 fully saturated rings. The number of rotatable bonds is 5. The number of nitrogens with one attached hydrogen (secondary N) is 1. The van der Waals surface area contributed by atoms with Crippen molar-refractivity contribution in [2.75, 3.05) is 7.11 Å². The van der Waals surface area contributed by atoms with Gasteiger partial charge < -0.3 is 14.8 Å². The van der Waals surface area contributed by atoms with Gasteiger partial charge in [-0.1, -0.05) is 32.0 Å². The molecule has 2 aromatic carbocycles. The Kier molecular flexibility index (Phi) is 4.98. The number of carbonyl (C=O) groups is 1. The molecule has 4 heteroatoms. The second-order valence-corrected chi connectivity index (χ2v) is 6.49. The number of fused-ring (bicyclic) bond motifs is 1. The molecular weight excluding hydrogens is 314 g/mol. The van der Waals surface area contributed by atoms with Crippen molar-refractivity contribution in [3.8, 4) is 11.5 Å². The van der Waals surface area contributed by atoms with Crippen molar-refractivity contribution in [3.63, 3.8) is 0 Å². The minimum Gasteiger partial charge on any atom is -0.497 e. The second kappa shape index (κ2) is 7.18. The fraction of sp³-hybridized carbons (Fsp3) is 0.381. The summed E-state index contributed by atoms with van der Waals surface area (Å²) in [5, 5.41) is 3.19. The van der Waals surface area contributed by atoms with E-state index in [1.807, 2.05) is 24.3 Å². The van der Waals surface area contributed by atoms with E-state index < -0.39 is 0 Å². The van der Waals surface area contributed by atoms with Crippen molar-refractivity contribution in [1.29, 1.82) is 0 Å². The summed E-state index contributed by atoms with van der Waals surface area (Å²) in [5.41, 5.74) is 1.44. The summed E-state index contributed by atoms with van der Waals surface area (Å²) in [7, 11) is 1.61. The van der Waals surface area contributed by atoms with Gasteiger partial charge in [0.2, 0.25) is 0 Å². The van der Waals surface area contributed by atoms with Gasteiger partial charge in [0.25, 0.3) is 5.91 Å². The van der Waals surface area contributed by atoms with Gasteiger partial charge in [0.1, 0.15) is 17.1 Å². The first-order valence-corrected chi connectivity index (χ1v) is 8.83. The van der Waals surface area contributed by atoms with Crippen LogP contribution in [0, 0.1) is 0 Å². The summed E-state index contributed by atoms with van der Waals surface area (Å²) in [5.74, 6) is 1.53. The van der Waals surface area contributed by atoms with Gasteiger partial charge >= 0.3 is 0 Å². The largest absolute Gasteiger partial charge is 0.497 e. The van der Waals surface area contributed by atoms with E-state index in [4.69, 9.17) is 9.47 Å². The lowest BCUT2D eigenvalue weighted by Gasteiger charge is -2.41. The van der Waals surface area contributed by atoms with Gasteiger partial charge in [-0.2, -0.15) is 0 Å². The molecule has 25 heavy (non-hydrogen) atoms. The van der Waals surface area contributed by atoms with Crippen LogP contribution in [0.2, 0.25) is 0 Å². The number of ether oxygens (including phenoxy) is 2. The van der Waals surface area contributed by atoms with Crippen LogP contribution in [0.15, 0.2) is 48.5 Å². The summed E-state index contributed by atoms with van der Waals surface area (Å²) in [6.07, 6.45) is 2.60. The molecule has 3 rings (SSSR count). The summed E-state index contributed by atoms with van der Waals surface area (Å²) in [6, 6.07) is 15.1. The predicted molar refractivity (Wildman–Crippen MR) is 98.2 cm³/mol. The Bertz CT molecular complexity index is 735. The highest BCUT2D eigenvalue weighted by molar-refractivity contribution is 5.94. The zero-order valence-corrected chi connectivity index (χ0v) is 15.0. The molecule has 2 aromatic rings. The highest BCUT2D eigenvalue weighted by Crippen LogP contribution is 2.42. The van der Waals surface area contributed by atoms with E-state index in [2.05, 4.69) is 19.2 Å². The van der Waals surface area contributed by atoms with E-state index in [1.54, 1.807) is 31.4 Å². The predicted octanol–water partition coefficient (Wildman–Crippen LogP) is 4.51. The maximum absolute atomic E-state index is 12.7. The van der Waals surface area contributed by atoms with Crippen LogP contribution in [0.25, 0.3) is 0 Å². The summed E-state index contributed by atoms with van der Waals surface area (Å²) in [4.78, 5) is 12.7. The first kappa shape index (κ1) is 17.3. The SMILES string of the molecule is CCC1(CC)C[C@@H](NC(=O)c2ccc(OC)cc2)c2ccccc2O1. The Hall–Kier alpha value is -2.49. The van der Waals surface area contributed by atoms with Crippen molar-refractivity contribution in [2.45, 2.75) is 44.8 Å². The van der Waals surface area contributed by atoms with Crippen molar-refractivity contribution in [1.82, 2.24) is 5.32 Å². The monoisotopic (exact) mass is 339 g/mol. The topological polar surface area (TPSA) is 47.6 Å². The van der Waals surface area contributed by atoms with Gasteiger partial charge in [-0.05, 0) is 43.2 Å². The summed E-state index contributed by atoms with van der Waals surface area (Å²) >= 11 is 0. The van der Waals surface area contributed by atoms with E-state index >= 15 is 0 Å². The van der Waals surface area contributed by atoms with Gasteiger partial charge in [-0.25, -0.2) is 0 Å². The first-order chi connectivity index (χ1) is 12.1. The molecule has 0 bridgehead atoms. The first-order valence-electron chi connectivity index (χ1n) is 8.83. The number of carbonyl (C=O) groups excluding carboxylic acids is 1. The third kappa shape index (κ3) is 3.48. The number of hydrogen-bond acceptors (Lipinski definition) is 3. The van der Waals surface area contributed by atoms with E-state index in [-0.39, 0.29) is 17.6 Å². The standard InChI is InChI=1S/C21H25NO3/c1-4-21(5-2)14-18(17-8-6-7-9-19(17)25-21)22-20(23)15-10-12-16(24-3)13-11-15/h6-13,18H,4-5,14H2,1-3H3,(H,22,23)/t18-/m1/s1. The molecule has 0 aliphatic carbocycles. The van der Waals surface area contributed by atoms with Gasteiger partial charge in [-0.3, -0.25) is 4.79 Å². The van der Waals surface area contributed by atoms with Crippen LogP contribution in [-0.4, -0.2) is 18.6 Å². The molecule has 0 spiro atoms. The van der Waals surface area contributed by atoms with E-state index in [1.165, 1.54) is 0 Å². The van der Waals surface area contributed by atoms with Crippen molar-refractivity contribution in [3.05, 3.63) is 59.7 Å². The van der Waals surface area contributed by atoms with Gasteiger partial charge in [0, 0.05) is 17.5 Å². The lowest BCUT2D eigenvalue weighted by molar-refractivity contribution is 0.0227. The van der Waals surface area contributed by atoms with Crippen LogP contribution >= 0.6 is 0 Å². The Balaban J connectivity index is 1.85. The molecular formula is C21H25NO3. The highest BCUT2D eigenvalue weighted by Gasteiger charge is 2.38. The fourth-order valence-corrected chi connectivity index (χ4v) is 3.41. The molecule has 0 radical (unpaired) electrons. The summed E-state index contributed by atoms with van der Waals surface area (Å²) in [6.45, 7) is 4.28. The molecule has 0 saturated heterocycles. The number of benzene rings is 2. The number of para-hydroxylation sites is 1. The third-order valence-electron chi connectivity index (χ3n) is 5.14. The molecule has 0 aromatic heterocycles. The molecule has 1 atom stereocenters. The molecule has 1 heterocycles. The van der Waals surface area contributed by atoms with Crippen molar-refractivity contribution in [2.24, 2.45) is 0 Å². The maximum Gasteiger partial charge on any atom is 0.251 e. The average molecular weight is 339 g/mol. The molecule has 1 aliphatic rings. The molecule has 4 nitrogen and oxygen atoms in total. The maximum atomic E-state index is 12.7. The van der Waals surface area contributed by atoms with Crippen LogP contribution in [0.3, 0.4) is 0 Å². The van der Waals surface area contributed by atoms with Gasteiger partial charge in [0.05, 0.1) is 13.2 Å². The normalized spacial score (nSPS) is 18.0. The third-order valence-corrected chi connectivity index (χ3v) is 5.14. The Morgan fingerprint density at radius 3 is 2.48 bits per heavy atom. The number of hydrogen-bond donors (Lipinski definition) is 1. The lowest BCUT2D eigenvalue weighted by atomic mass is 9.83. The molecule has 0 unspecified atom stereocenters. The van der Waals surface area contributed by atoms with Crippen molar-refractivity contribution >= 4 is 5.91 Å². The van der Waals surface area contributed by atoms with Gasteiger partial charge in [0.15, 0.2) is 0 Å². The average Bonchev–Trinajstić information content (AvgIpc) is 2.67. The zero-order valence-electron chi connectivity index (χ0n) is 15.0. The van der Waals surface area contributed by atoms with Crippen LogP contribution in [0.1, 0.15) is 55.1 Å². The quantitative estimate of drug-likeness (QED) is 0.872. The fourth-order valence-electron chi connectivity index (χ4n) is 3.41. The zero-order chi connectivity index (χ0) is 17.9. The van der Waals surface area contributed by atoms with E-state index in [9.17, 15) is 4.79 Å². The van der Waals surface area contributed by atoms with Crippen LogP contribution < -0.4 is 14.8 Å². The number of amides is 1. The van der Waals surface area contributed by atoms with Crippen LogP contribution in [-0.2, 0) is 0 Å². The number of methoxy groups -OCH3 is 1. The Morgan fingerprint density at radius 2 is 1.84 bits per heavy atom.